The summed E-state index contributed by atoms with van der Waals surface area (Å²) < 4.78 is 26.0. The van der Waals surface area contributed by atoms with E-state index in [0.29, 0.717) is 30.0 Å². The summed E-state index contributed by atoms with van der Waals surface area (Å²) in [6.45, 7) is 4.19. The average molecular weight is 598 g/mol. The maximum Gasteiger partial charge on any atom is 0.411 e. The normalized spacial score (nSPS) is 17.8. The number of nitrogens with zero attached hydrogens (tertiary/aromatic N) is 1. The summed E-state index contributed by atoms with van der Waals surface area (Å²) >= 11 is 6.65. The van der Waals surface area contributed by atoms with Crippen LogP contribution in [0.2, 0.25) is 0 Å². The van der Waals surface area contributed by atoms with Gasteiger partial charge in [0.2, 0.25) is 0 Å². The molecule has 42 heavy (non-hydrogen) atoms. The van der Waals surface area contributed by atoms with Crippen molar-refractivity contribution in [2.24, 2.45) is 5.73 Å². The number of alkyl halides is 1. The van der Waals surface area contributed by atoms with Gasteiger partial charge in [0.1, 0.15) is 24.3 Å². The average Bonchev–Trinajstić information content (AvgIpc) is 3.00. The van der Waals surface area contributed by atoms with E-state index in [1.807, 2.05) is 42.5 Å². The zero-order valence-corrected chi connectivity index (χ0v) is 25.3. The summed E-state index contributed by atoms with van der Waals surface area (Å²) in [5.41, 5.74) is 8.51. The molecular formula is C34H45ClFN3O3. The Morgan fingerprint density at radius 1 is 0.976 bits per heavy atom. The highest BCUT2D eigenvalue weighted by Crippen LogP contribution is 2.35. The number of carbonyl (C=O) groups excluding carboxylic acids is 1. The highest BCUT2D eigenvalue weighted by atomic mass is 35.5. The molecule has 1 aliphatic heterocycles. The van der Waals surface area contributed by atoms with Gasteiger partial charge in [0.25, 0.3) is 0 Å². The number of hydrogen-bond donors (Lipinski definition) is 2. The highest BCUT2D eigenvalue weighted by Gasteiger charge is 2.24. The molecule has 1 heterocycles. The summed E-state index contributed by atoms with van der Waals surface area (Å²) in [5.74, 6) is 0.282. The van der Waals surface area contributed by atoms with Gasteiger partial charge in [0.15, 0.2) is 0 Å². The summed E-state index contributed by atoms with van der Waals surface area (Å²) in [6.07, 6.45) is 13.9. The molecule has 1 unspecified atom stereocenters. The van der Waals surface area contributed by atoms with E-state index >= 15 is 0 Å². The Bertz CT molecular complexity index is 1180. The highest BCUT2D eigenvalue weighted by molar-refractivity contribution is 6.23. The second kappa shape index (κ2) is 17.3. The first-order valence-electron chi connectivity index (χ1n) is 15.4. The summed E-state index contributed by atoms with van der Waals surface area (Å²) in [7, 11) is 0. The second-order valence-electron chi connectivity index (χ2n) is 11.2. The van der Waals surface area contributed by atoms with E-state index in [1.165, 1.54) is 50.7 Å². The van der Waals surface area contributed by atoms with Crippen LogP contribution >= 0.6 is 11.6 Å². The van der Waals surface area contributed by atoms with Crippen molar-refractivity contribution in [3.63, 3.8) is 0 Å². The maximum absolute atomic E-state index is 14.3. The van der Waals surface area contributed by atoms with Crippen LogP contribution < -0.4 is 11.1 Å². The molecule has 0 saturated carbocycles. The molecule has 2 aromatic carbocycles. The Morgan fingerprint density at radius 3 is 2.40 bits per heavy atom. The number of benzene rings is 2. The molecule has 2 aromatic rings. The van der Waals surface area contributed by atoms with Crippen molar-refractivity contribution in [3.8, 4) is 0 Å². The predicted octanol–water partition coefficient (Wildman–Crippen LogP) is 8.02. The van der Waals surface area contributed by atoms with Crippen LogP contribution in [0, 0.1) is 5.82 Å². The largest absolute Gasteiger partial charge is 0.492 e. The van der Waals surface area contributed by atoms with E-state index < -0.39 is 11.5 Å². The molecule has 1 saturated heterocycles. The monoisotopic (exact) mass is 597 g/mol. The first-order valence-corrected chi connectivity index (χ1v) is 15.9. The SMILES string of the molecule is NCCCCCCCCCN1CCC(OC(=O)Nc2ccc(F)cc2C2=CC=C(OCc3ccccc3)C(Cl)C2)CC1. The minimum atomic E-state index is -0.516. The lowest BCUT2D eigenvalue weighted by Gasteiger charge is -2.31. The lowest BCUT2D eigenvalue weighted by Crippen LogP contribution is -2.38. The minimum absolute atomic E-state index is 0.124. The molecule has 0 bridgehead atoms. The fourth-order valence-corrected chi connectivity index (χ4v) is 5.83. The second-order valence-corrected chi connectivity index (χ2v) is 11.8. The zero-order chi connectivity index (χ0) is 29.6. The van der Waals surface area contributed by atoms with Crippen LogP contribution in [-0.4, -0.2) is 48.7 Å². The quantitative estimate of drug-likeness (QED) is 0.161. The van der Waals surface area contributed by atoms with E-state index in [-0.39, 0.29) is 11.9 Å². The molecule has 0 spiro atoms. The number of allylic oxidation sites excluding steroid dienone is 4. The number of likely N-dealkylation sites (tertiary alicyclic amines) is 1. The van der Waals surface area contributed by atoms with Gasteiger partial charge in [0, 0.05) is 18.7 Å². The third-order valence-electron chi connectivity index (χ3n) is 7.96. The number of piperidine rings is 1. The van der Waals surface area contributed by atoms with E-state index in [9.17, 15) is 9.18 Å². The van der Waals surface area contributed by atoms with Gasteiger partial charge in [-0.1, -0.05) is 68.5 Å². The van der Waals surface area contributed by atoms with Gasteiger partial charge in [0.05, 0.1) is 11.1 Å². The fraction of sp³-hybridized carbons (Fsp3) is 0.500. The Hall–Kier alpha value is -2.87. The fourth-order valence-electron chi connectivity index (χ4n) is 5.52. The number of amides is 1. The number of unbranched alkanes of at least 4 members (excludes halogenated alkanes) is 6. The molecule has 2 aliphatic rings. The topological polar surface area (TPSA) is 76.8 Å². The summed E-state index contributed by atoms with van der Waals surface area (Å²) in [5, 5.41) is 2.45. The van der Waals surface area contributed by atoms with Crippen LogP contribution in [0.1, 0.15) is 75.3 Å². The molecular weight excluding hydrogens is 553 g/mol. The molecule has 4 rings (SSSR count). The van der Waals surface area contributed by atoms with Crippen LogP contribution in [-0.2, 0) is 16.1 Å². The smallest absolute Gasteiger partial charge is 0.411 e. The van der Waals surface area contributed by atoms with Crippen molar-refractivity contribution in [1.82, 2.24) is 4.90 Å². The van der Waals surface area contributed by atoms with Crippen molar-refractivity contribution in [1.29, 1.82) is 0 Å². The van der Waals surface area contributed by atoms with Crippen LogP contribution in [0.5, 0.6) is 0 Å². The van der Waals surface area contributed by atoms with E-state index in [2.05, 4.69) is 10.2 Å². The maximum atomic E-state index is 14.3. The Morgan fingerprint density at radius 2 is 1.69 bits per heavy atom. The van der Waals surface area contributed by atoms with Crippen LogP contribution in [0.15, 0.2) is 66.4 Å². The number of rotatable bonds is 15. The molecule has 1 aliphatic carbocycles. The molecule has 8 heteroatoms. The Balaban J connectivity index is 1.23. The van der Waals surface area contributed by atoms with Gasteiger partial charge < -0.3 is 20.1 Å². The molecule has 3 N–H and O–H groups in total. The van der Waals surface area contributed by atoms with Crippen molar-refractivity contribution >= 4 is 29.0 Å². The number of nitrogens with one attached hydrogen (secondary N) is 1. The summed E-state index contributed by atoms with van der Waals surface area (Å²) in [4.78, 5) is 15.3. The zero-order valence-electron chi connectivity index (χ0n) is 24.5. The lowest BCUT2D eigenvalue weighted by atomic mass is 9.94. The third kappa shape index (κ3) is 10.4. The van der Waals surface area contributed by atoms with Gasteiger partial charge in [-0.25, -0.2) is 9.18 Å². The van der Waals surface area contributed by atoms with Gasteiger partial charge >= 0.3 is 6.09 Å². The third-order valence-corrected chi connectivity index (χ3v) is 8.33. The Kier molecular flexibility index (Phi) is 13.2. The van der Waals surface area contributed by atoms with E-state index in [1.54, 1.807) is 6.07 Å². The number of halogens is 2. The van der Waals surface area contributed by atoms with Crippen LogP contribution in [0.4, 0.5) is 14.9 Å². The predicted molar refractivity (Wildman–Crippen MR) is 169 cm³/mol. The first-order chi connectivity index (χ1) is 20.5. The van der Waals surface area contributed by atoms with Crippen molar-refractivity contribution in [3.05, 3.63) is 83.4 Å². The first kappa shape index (κ1) is 32.1. The number of carbonyl (C=O) groups is 1. The van der Waals surface area contributed by atoms with Gasteiger partial charge in [-0.05, 0) is 80.6 Å². The van der Waals surface area contributed by atoms with Crippen molar-refractivity contribution < 1.29 is 18.7 Å². The minimum Gasteiger partial charge on any atom is -0.492 e. The van der Waals surface area contributed by atoms with E-state index in [4.69, 9.17) is 26.8 Å². The number of anilines is 1. The summed E-state index contributed by atoms with van der Waals surface area (Å²) in [6, 6.07) is 14.2. The number of ether oxygens (including phenoxy) is 2. The van der Waals surface area contributed by atoms with Crippen molar-refractivity contribution in [2.45, 2.75) is 82.3 Å². The molecule has 1 atom stereocenters. The van der Waals surface area contributed by atoms with Crippen molar-refractivity contribution in [2.75, 3.05) is 31.5 Å². The number of nitrogens with two attached hydrogens (primary N) is 1. The van der Waals surface area contributed by atoms with Crippen LogP contribution in [0.25, 0.3) is 5.57 Å². The molecule has 0 aromatic heterocycles. The van der Waals surface area contributed by atoms with Gasteiger partial charge in [-0.2, -0.15) is 0 Å². The Labute approximate surface area is 255 Å². The molecule has 6 nitrogen and oxygen atoms in total. The molecule has 228 valence electrons. The van der Waals surface area contributed by atoms with E-state index in [0.717, 1.165) is 56.6 Å². The van der Waals surface area contributed by atoms with Crippen LogP contribution in [0.3, 0.4) is 0 Å². The van der Waals surface area contributed by atoms with Gasteiger partial charge in [-0.3, -0.25) is 5.32 Å². The molecule has 1 fully saturated rings. The van der Waals surface area contributed by atoms with Gasteiger partial charge in [-0.15, -0.1) is 11.6 Å². The molecule has 0 radical (unpaired) electrons. The lowest BCUT2D eigenvalue weighted by molar-refractivity contribution is 0.0584. The number of hydrogen-bond acceptors (Lipinski definition) is 5. The standard InChI is InChI=1S/C34H45ClFN3O3/c35-31-23-27(13-16-33(31)41-25-26-11-7-6-8-12-26)30-24-28(36)14-15-32(30)38-34(40)42-29-17-21-39(22-18-29)20-10-5-3-1-2-4-9-19-37/h6-8,11-16,24,29,31H,1-5,9-10,17-23,25,37H2,(H,38,40). The molecule has 1 amide bonds.